The van der Waals surface area contributed by atoms with E-state index in [2.05, 4.69) is 13.8 Å². The van der Waals surface area contributed by atoms with Gasteiger partial charge in [0, 0.05) is 26.9 Å². The Morgan fingerprint density at radius 1 is 1.23 bits per heavy atom. The summed E-state index contributed by atoms with van der Waals surface area (Å²) in [5, 5.41) is 0. The van der Waals surface area contributed by atoms with Crippen LogP contribution in [-0.2, 0) is 9.47 Å². The Bertz CT molecular complexity index is 113. The van der Waals surface area contributed by atoms with E-state index < -0.39 is 0 Å². The van der Waals surface area contributed by atoms with Crippen LogP contribution in [0.2, 0.25) is 0 Å². The minimum absolute atomic E-state index is 0.132. The minimum atomic E-state index is -0.132. The highest BCUT2D eigenvalue weighted by Gasteiger charge is 2.19. The Morgan fingerprint density at radius 3 is 2.31 bits per heavy atom. The molecule has 1 unspecified atom stereocenters. The molecule has 3 heteroatoms. The summed E-state index contributed by atoms with van der Waals surface area (Å²) in [5.74, 6) is 0. The van der Waals surface area contributed by atoms with Gasteiger partial charge in [0.1, 0.15) is 0 Å². The van der Waals surface area contributed by atoms with Crippen molar-refractivity contribution in [3.05, 3.63) is 0 Å². The first kappa shape index (κ1) is 12.9. The summed E-state index contributed by atoms with van der Waals surface area (Å²) < 4.78 is 10.6. The van der Waals surface area contributed by atoms with Crippen molar-refractivity contribution in [2.45, 2.75) is 38.7 Å². The molecular formula is C10H23NO2. The summed E-state index contributed by atoms with van der Waals surface area (Å²) in [6, 6.07) is 0. The standard InChI is InChI=1S/C10H23NO2/c1-4-10(2,9-11)13-8-6-5-7-12-3/h4-9,11H2,1-3H3. The van der Waals surface area contributed by atoms with Gasteiger partial charge in [-0.05, 0) is 26.2 Å². The lowest BCUT2D eigenvalue weighted by Crippen LogP contribution is -2.37. The Morgan fingerprint density at radius 2 is 1.85 bits per heavy atom. The van der Waals surface area contributed by atoms with Gasteiger partial charge in [-0.3, -0.25) is 0 Å². The normalized spacial score (nSPS) is 15.7. The first-order chi connectivity index (χ1) is 6.18. The number of unbranched alkanes of at least 4 members (excludes halogenated alkanes) is 1. The Labute approximate surface area is 81.6 Å². The van der Waals surface area contributed by atoms with Crippen LogP contribution in [0, 0.1) is 0 Å². The summed E-state index contributed by atoms with van der Waals surface area (Å²) in [6.45, 7) is 6.35. The Hall–Kier alpha value is -0.120. The summed E-state index contributed by atoms with van der Waals surface area (Å²) >= 11 is 0. The van der Waals surface area contributed by atoms with Crippen LogP contribution in [0.4, 0.5) is 0 Å². The predicted octanol–water partition coefficient (Wildman–Crippen LogP) is 1.56. The largest absolute Gasteiger partial charge is 0.385 e. The van der Waals surface area contributed by atoms with Gasteiger partial charge in [0.2, 0.25) is 0 Å². The van der Waals surface area contributed by atoms with Crippen molar-refractivity contribution >= 4 is 0 Å². The second-order valence-electron chi connectivity index (χ2n) is 3.56. The second-order valence-corrected chi connectivity index (χ2v) is 3.56. The maximum absolute atomic E-state index is 5.69. The lowest BCUT2D eigenvalue weighted by Gasteiger charge is -2.26. The first-order valence-electron chi connectivity index (χ1n) is 5.01. The monoisotopic (exact) mass is 189 g/mol. The Balaban J connectivity index is 3.39. The van der Waals surface area contributed by atoms with Gasteiger partial charge in [-0.2, -0.15) is 0 Å². The lowest BCUT2D eigenvalue weighted by molar-refractivity contribution is -0.0302. The maximum atomic E-state index is 5.69. The molecular weight excluding hydrogens is 166 g/mol. The van der Waals surface area contributed by atoms with Crippen LogP contribution in [-0.4, -0.2) is 32.5 Å². The van der Waals surface area contributed by atoms with Gasteiger partial charge < -0.3 is 15.2 Å². The predicted molar refractivity (Wildman–Crippen MR) is 54.8 cm³/mol. The van der Waals surface area contributed by atoms with E-state index in [0.29, 0.717) is 6.54 Å². The molecule has 13 heavy (non-hydrogen) atoms. The molecule has 3 nitrogen and oxygen atoms in total. The van der Waals surface area contributed by atoms with Crippen LogP contribution < -0.4 is 5.73 Å². The molecule has 0 aliphatic carbocycles. The minimum Gasteiger partial charge on any atom is -0.385 e. The molecule has 0 bridgehead atoms. The molecule has 0 aliphatic rings. The van der Waals surface area contributed by atoms with Gasteiger partial charge in [0.15, 0.2) is 0 Å². The first-order valence-corrected chi connectivity index (χ1v) is 5.01. The number of hydrogen-bond acceptors (Lipinski definition) is 3. The third kappa shape index (κ3) is 6.02. The van der Waals surface area contributed by atoms with Crippen molar-refractivity contribution in [3.8, 4) is 0 Å². The molecule has 0 amide bonds. The maximum Gasteiger partial charge on any atom is 0.0773 e. The third-order valence-corrected chi connectivity index (χ3v) is 2.37. The van der Waals surface area contributed by atoms with Crippen molar-refractivity contribution < 1.29 is 9.47 Å². The summed E-state index contributed by atoms with van der Waals surface area (Å²) in [5.41, 5.74) is 5.48. The van der Waals surface area contributed by atoms with E-state index in [4.69, 9.17) is 15.2 Å². The quantitative estimate of drug-likeness (QED) is 0.589. The molecule has 2 N–H and O–H groups in total. The van der Waals surface area contributed by atoms with E-state index in [9.17, 15) is 0 Å². The van der Waals surface area contributed by atoms with Crippen molar-refractivity contribution in [1.82, 2.24) is 0 Å². The van der Waals surface area contributed by atoms with Gasteiger partial charge in [0.05, 0.1) is 5.60 Å². The smallest absolute Gasteiger partial charge is 0.0773 e. The molecule has 0 aromatic heterocycles. The van der Waals surface area contributed by atoms with E-state index in [0.717, 1.165) is 32.5 Å². The number of ether oxygens (including phenoxy) is 2. The molecule has 0 rings (SSSR count). The molecule has 0 fully saturated rings. The van der Waals surface area contributed by atoms with Crippen LogP contribution >= 0.6 is 0 Å². The van der Waals surface area contributed by atoms with Crippen LogP contribution in [0.25, 0.3) is 0 Å². The van der Waals surface area contributed by atoms with Crippen LogP contribution in [0.15, 0.2) is 0 Å². The summed E-state index contributed by atoms with van der Waals surface area (Å²) in [6.07, 6.45) is 3.07. The van der Waals surface area contributed by atoms with Gasteiger partial charge in [0.25, 0.3) is 0 Å². The zero-order chi connectivity index (χ0) is 10.2. The fourth-order valence-electron chi connectivity index (χ4n) is 0.972. The molecule has 80 valence electrons. The average Bonchev–Trinajstić information content (AvgIpc) is 2.17. The zero-order valence-corrected chi connectivity index (χ0v) is 9.14. The molecule has 0 saturated heterocycles. The SMILES string of the molecule is CCC(C)(CN)OCCCCOC. The average molecular weight is 189 g/mol. The molecule has 0 aromatic rings. The highest BCUT2D eigenvalue weighted by molar-refractivity contribution is 4.73. The van der Waals surface area contributed by atoms with Gasteiger partial charge in [-0.1, -0.05) is 6.92 Å². The van der Waals surface area contributed by atoms with Crippen LogP contribution in [0.5, 0.6) is 0 Å². The zero-order valence-electron chi connectivity index (χ0n) is 9.14. The fraction of sp³-hybridized carbons (Fsp3) is 1.00. The van der Waals surface area contributed by atoms with E-state index in [-0.39, 0.29) is 5.60 Å². The highest BCUT2D eigenvalue weighted by atomic mass is 16.5. The summed E-state index contributed by atoms with van der Waals surface area (Å²) in [4.78, 5) is 0. The molecule has 0 radical (unpaired) electrons. The van der Waals surface area contributed by atoms with Crippen LogP contribution in [0.1, 0.15) is 33.1 Å². The van der Waals surface area contributed by atoms with Gasteiger partial charge in [-0.25, -0.2) is 0 Å². The number of hydrogen-bond donors (Lipinski definition) is 1. The van der Waals surface area contributed by atoms with Crippen molar-refractivity contribution in [3.63, 3.8) is 0 Å². The highest BCUT2D eigenvalue weighted by Crippen LogP contribution is 2.13. The number of rotatable bonds is 8. The van der Waals surface area contributed by atoms with Crippen molar-refractivity contribution in [2.75, 3.05) is 26.9 Å². The Kier molecular flexibility index (Phi) is 7.23. The lowest BCUT2D eigenvalue weighted by atomic mass is 10.0. The van der Waals surface area contributed by atoms with Gasteiger partial charge in [-0.15, -0.1) is 0 Å². The number of nitrogens with two attached hydrogens (primary N) is 1. The van der Waals surface area contributed by atoms with Gasteiger partial charge >= 0.3 is 0 Å². The molecule has 0 aromatic carbocycles. The second kappa shape index (κ2) is 7.30. The molecule has 0 spiro atoms. The van der Waals surface area contributed by atoms with E-state index in [1.165, 1.54) is 0 Å². The van der Waals surface area contributed by atoms with Crippen LogP contribution in [0.3, 0.4) is 0 Å². The summed E-state index contributed by atoms with van der Waals surface area (Å²) in [7, 11) is 1.72. The molecule has 0 aliphatic heterocycles. The number of methoxy groups -OCH3 is 1. The molecule has 0 saturated carbocycles. The van der Waals surface area contributed by atoms with E-state index in [1.54, 1.807) is 7.11 Å². The fourth-order valence-corrected chi connectivity index (χ4v) is 0.972. The van der Waals surface area contributed by atoms with Crippen molar-refractivity contribution in [2.24, 2.45) is 5.73 Å². The van der Waals surface area contributed by atoms with E-state index in [1.807, 2.05) is 0 Å². The van der Waals surface area contributed by atoms with E-state index >= 15 is 0 Å². The molecule has 0 heterocycles. The topological polar surface area (TPSA) is 44.5 Å². The van der Waals surface area contributed by atoms with Crippen molar-refractivity contribution in [1.29, 1.82) is 0 Å². The molecule has 1 atom stereocenters. The third-order valence-electron chi connectivity index (χ3n) is 2.37.